The van der Waals surface area contributed by atoms with Crippen molar-refractivity contribution in [1.29, 1.82) is 0 Å². The summed E-state index contributed by atoms with van der Waals surface area (Å²) in [5, 5.41) is 8.60. The third kappa shape index (κ3) is 5.74. The highest BCUT2D eigenvalue weighted by molar-refractivity contribution is 7.97. The molecule has 0 atom stereocenters. The number of rotatable bonds is 8. The van der Waals surface area contributed by atoms with Crippen LogP contribution >= 0.6 is 11.9 Å². The molecule has 7 nitrogen and oxygen atoms in total. The summed E-state index contributed by atoms with van der Waals surface area (Å²) in [6.45, 7) is 3.51. The molecule has 1 fully saturated rings. The lowest BCUT2D eigenvalue weighted by atomic mass is 10.1. The van der Waals surface area contributed by atoms with Crippen molar-refractivity contribution in [2.75, 3.05) is 48.8 Å². The van der Waals surface area contributed by atoms with Crippen molar-refractivity contribution in [2.24, 2.45) is 0 Å². The van der Waals surface area contributed by atoms with Crippen LogP contribution in [0.5, 0.6) is 0 Å². The quantitative estimate of drug-likeness (QED) is 0.502. The van der Waals surface area contributed by atoms with E-state index < -0.39 is 6.09 Å². The first-order chi connectivity index (χ1) is 14.1. The molecule has 29 heavy (non-hydrogen) atoms. The number of halogens is 1. The number of nitrogens with zero attached hydrogens (tertiary/aromatic N) is 3. The van der Waals surface area contributed by atoms with Crippen LogP contribution < -0.4 is 14.5 Å². The van der Waals surface area contributed by atoms with Gasteiger partial charge in [-0.2, -0.15) is 0 Å². The maximum atomic E-state index is 15.0. The Morgan fingerprint density at radius 1 is 1.28 bits per heavy atom. The van der Waals surface area contributed by atoms with Crippen LogP contribution in [0, 0.1) is 5.82 Å². The minimum absolute atomic E-state index is 0.222. The van der Waals surface area contributed by atoms with Gasteiger partial charge in [0.1, 0.15) is 5.82 Å². The van der Waals surface area contributed by atoms with E-state index in [2.05, 4.69) is 25.6 Å². The Balaban J connectivity index is 1.60. The van der Waals surface area contributed by atoms with E-state index in [1.165, 1.54) is 0 Å². The van der Waals surface area contributed by atoms with Crippen LogP contribution in [0.3, 0.4) is 0 Å². The van der Waals surface area contributed by atoms with Gasteiger partial charge in [-0.15, -0.1) is 0 Å². The molecule has 1 aliphatic rings. The normalized spacial score (nSPS) is 14.1. The van der Waals surface area contributed by atoms with Crippen LogP contribution in [0.1, 0.15) is 11.1 Å². The number of hydrogen-bond donors (Lipinski definition) is 2. The average molecular weight is 421 g/mol. The van der Waals surface area contributed by atoms with Crippen molar-refractivity contribution in [2.45, 2.75) is 13.0 Å². The number of carboxylic acid groups (broad SMARTS) is 1. The van der Waals surface area contributed by atoms with E-state index in [4.69, 9.17) is 9.84 Å². The molecule has 0 saturated carbocycles. The van der Waals surface area contributed by atoms with E-state index in [1.54, 1.807) is 25.4 Å². The molecule has 2 aromatic rings. The Bertz CT molecular complexity index is 831. The molecule has 0 radical (unpaired) electrons. The molecular weight excluding hydrogens is 395 g/mol. The summed E-state index contributed by atoms with van der Waals surface area (Å²) in [4.78, 5) is 19.1. The van der Waals surface area contributed by atoms with E-state index in [0.29, 0.717) is 43.1 Å². The highest BCUT2D eigenvalue weighted by Gasteiger charge is 2.21. The smallest absolute Gasteiger partial charge is 0.414 e. The summed E-state index contributed by atoms with van der Waals surface area (Å²) in [5.74, 6) is 0.256. The van der Waals surface area contributed by atoms with E-state index in [9.17, 15) is 9.18 Å². The predicted octanol–water partition coefficient (Wildman–Crippen LogP) is 3.15. The molecule has 2 N–H and O–H groups in total. The summed E-state index contributed by atoms with van der Waals surface area (Å²) in [6.07, 6.45) is 3.01. The molecule has 9 heteroatoms. The number of anilines is 2. The van der Waals surface area contributed by atoms with Crippen LogP contribution in [0.4, 0.5) is 20.6 Å². The molecule has 3 rings (SSSR count). The highest BCUT2D eigenvalue weighted by atomic mass is 32.2. The number of aryl methyl sites for hydroxylation is 1. The number of amides is 1. The first-order valence-corrected chi connectivity index (χ1v) is 10.4. The largest absolute Gasteiger partial charge is 0.464 e. The van der Waals surface area contributed by atoms with Gasteiger partial charge in [0.15, 0.2) is 0 Å². The number of nitrogens with one attached hydrogen (secondary N) is 1. The van der Waals surface area contributed by atoms with Gasteiger partial charge in [-0.3, -0.25) is 9.71 Å². The van der Waals surface area contributed by atoms with Crippen molar-refractivity contribution in [3.8, 4) is 0 Å². The fourth-order valence-electron chi connectivity index (χ4n) is 3.38. The summed E-state index contributed by atoms with van der Waals surface area (Å²) in [7, 11) is 1.66. The summed E-state index contributed by atoms with van der Waals surface area (Å²) in [5.41, 5.74) is 3.28. The molecule has 2 heterocycles. The number of aromatic nitrogens is 1. The maximum absolute atomic E-state index is 15.0. The van der Waals surface area contributed by atoms with E-state index >= 15 is 0 Å². The van der Waals surface area contributed by atoms with Gasteiger partial charge in [0.25, 0.3) is 0 Å². The van der Waals surface area contributed by atoms with Gasteiger partial charge >= 0.3 is 6.09 Å². The first kappa shape index (κ1) is 21.2. The van der Waals surface area contributed by atoms with Gasteiger partial charge < -0.3 is 19.6 Å². The second-order valence-corrected chi connectivity index (χ2v) is 7.62. The fraction of sp³-hybridized carbons (Fsp3) is 0.400. The van der Waals surface area contributed by atoms with Crippen molar-refractivity contribution < 1.29 is 19.0 Å². The second kappa shape index (κ2) is 10.3. The SMILES string of the molecule is COCc1cncc(N2CCN(c3cccc(CCSNC(=O)O)c3F)CC2)c1. The third-order valence-electron chi connectivity index (χ3n) is 4.77. The number of carbonyl (C=O) groups is 1. The zero-order chi connectivity index (χ0) is 20.6. The number of pyridine rings is 1. The van der Waals surface area contributed by atoms with Crippen molar-refractivity contribution >= 4 is 29.4 Å². The third-order valence-corrected chi connectivity index (χ3v) is 5.50. The van der Waals surface area contributed by atoms with Crippen LogP contribution in [-0.2, 0) is 17.8 Å². The highest BCUT2D eigenvalue weighted by Crippen LogP contribution is 2.26. The minimum Gasteiger partial charge on any atom is -0.464 e. The number of ether oxygens (including phenoxy) is 1. The van der Waals surface area contributed by atoms with E-state index in [-0.39, 0.29) is 5.82 Å². The number of benzene rings is 1. The second-order valence-electron chi connectivity index (χ2n) is 6.71. The topological polar surface area (TPSA) is 77.9 Å². The Labute approximate surface area is 174 Å². The Hall–Kier alpha value is -2.52. The molecule has 1 amide bonds. The molecule has 156 valence electrons. The molecule has 0 aliphatic carbocycles. The van der Waals surface area contributed by atoms with Crippen molar-refractivity contribution in [3.05, 3.63) is 53.6 Å². The number of piperazine rings is 1. The lowest BCUT2D eigenvalue weighted by molar-refractivity contribution is 0.184. The Morgan fingerprint density at radius 2 is 2.03 bits per heavy atom. The maximum Gasteiger partial charge on any atom is 0.414 e. The molecule has 1 aromatic heterocycles. The van der Waals surface area contributed by atoms with Gasteiger partial charge in [0.05, 0.1) is 24.2 Å². The number of methoxy groups -OCH3 is 1. The van der Waals surface area contributed by atoms with E-state index in [0.717, 1.165) is 36.3 Å². The molecule has 1 saturated heterocycles. The van der Waals surface area contributed by atoms with Gasteiger partial charge in [0.2, 0.25) is 0 Å². The average Bonchev–Trinajstić information content (AvgIpc) is 2.73. The number of hydrogen-bond acceptors (Lipinski definition) is 6. The molecular formula is C20H25FN4O3S. The minimum atomic E-state index is -1.09. The lowest BCUT2D eigenvalue weighted by Gasteiger charge is -2.37. The standard InChI is InChI=1S/C20H25FN4O3S/c1-28-14-15-11-17(13-22-12-15)24-6-8-25(9-7-24)18-4-2-3-16(19(18)21)5-10-29-23-20(26)27/h2-4,11-13,23H,5-10,14H2,1H3,(H,26,27). The summed E-state index contributed by atoms with van der Waals surface area (Å²) in [6, 6.07) is 7.49. The predicted molar refractivity (Wildman–Crippen MR) is 113 cm³/mol. The molecule has 1 aromatic carbocycles. The van der Waals surface area contributed by atoms with Crippen molar-refractivity contribution in [3.63, 3.8) is 0 Å². The molecule has 0 spiro atoms. The molecule has 0 bridgehead atoms. The lowest BCUT2D eigenvalue weighted by Crippen LogP contribution is -2.47. The molecule has 0 unspecified atom stereocenters. The zero-order valence-electron chi connectivity index (χ0n) is 16.3. The first-order valence-electron chi connectivity index (χ1n) is 9.39. The Morgan fingerprint density at radius 3 is 2.76 bits per heavy atom. The Kier molecular flexibility index (Phi) is 7.54. The van der Waals surface area contributed by atoms with Crippen LogP contribution in [0.2, 0.25) is 0 Å². The van der Waals surface area contributed by atoms with Crippen LogP contribution in [0.15, 0.2) is 36.7 Å². The molecule has 1 aliphatic heterocycles. The van der Waals surface area contributed by atoms with E-state index in [1.807, 2.05) is 12.3 Å². The van der Waals surface area contributed by atoms with Crippen molar-refractivity contribution in [1.82, 2.24) is 9.71 Å². The zero-order valence-corrected chi connectivity index (χ0v) is 17.1. The van der Waals surface area contributed by atoms with Gasteiger partial charge in [-0.05, 0) is 41.6 Å². The summed E-state index contributed by atoms with van der Waals surface area (Å²) < 4.78 is 22.4. The van der Waals surface area contributed by atoms with Crippen LogP contribution in [-0.4, -0.2) is 55.2 Å². The summed E-state index contributed by atoms with van der Waals surface area (Å²) >= 11 is 1.06. The van der Waals surface area contributed by atoms with Crippen LogP contribution in [0.25, 0.3) is 0 Å². The monoisotopic (exact) mass is 420 g/mol. The van der Waals surface area contributed by atoms with Gasteiger partial charge in [-0.25, -0.2) is 9.18 Å². The fourth-order valence-corrected chi connectivity index (χ4v) is 3.92. The van der Waals surface area contributed by atoms with Gasteiger partial charge in [0, 0.05) is 45.2 Å². The van der Waals surface area contributed by atoms with Gasteiger partial charge in [-0.1, -0.05) is 12.1 Å².